The van der Waals surface area contributed by atoms with Crippen LogP contribution in [0.1, 0.15) is 39.2 Å². The second kappa shape index (κ2) is 9.50. The molecule has 1 aliphatic heterocycles. The standard InChI is InChI=1S/C18H28Cl2N4/c1-4-21-18(22-12-14-5-6-15(19)11-17(14)20)23-16-7-9-24(10-8-16)13(2)3/h5-6,11,13,16H,4,7-10,12H2,1-3H3,(H2,21,22,23). The van der Waals surface area contributed by atoms with E-state index < -0.39 is 0 Å². The van der Waals surface area contributed by atoms with Crippen LogP contribution in [-0.4, -0.2) is 42.6 Å². The number of nitrogens with one attached hydrogen (secondary N) is 2. The molecule has 1 aromatic rings. The fourth-order valence-corrected chi connectivity index (χ4v) is 3.36. The third-order valence-electron chi connectivity index (χ3n) is 4.37. The predicted octanol–water partition coefficient (Wildman–Crippen LogP) is 3.92. The van der Waals surface area contributed by atoms with Crippen molar-refractivity contribution in [2.45, 2.75) is 52.2 Å². The van der Waals surface area contributed by atoms with E-state index in [1.807, 2.05) is 12.1 Å². The monoisotopic (exact) mass is 370 g/mol. The first-order valence-electron chi connectivity index (χ1n) is 8.72. The Morgan fingerprint density at radius 3 is 2.58 bits per heavy atom. The van der Waals surface area contributed by atoms with Gasteiger partial charge in [-0.1, -0.05) is 29.3 Å². The van der Waals surface area contributed by atoms with E-state index in [0.717, 1.165) is 44.0 Å². The van der Waals surface area contributed by atoms with Crippen LogP contribution in [0, 0.1) is 0 Å². The number of hydrogen-bond acceptors (Lipinski definition) is 2. The van der Waals surface area contributed by atoms with Crippen LogP contribution in [0.2, 0.25) is 10.0 Å². The molecule has 0 aromatic heterocycles. The molecule has 0 unspecified atom stereocenters. The smallest absolute Gasteiger partial charge is 0.191 e. The lowest BCUT2D eigenvalue weighted by Gasteiger charge is -2.35. The van der Waals surface area contributed by atoms with Gasteiger partial charge in [0.05, 0.1) is 6.54 Å². The minimum Gasteiger partial charge on any atom is -0.357 e. The molecule has 1 heterocycles. The molecule has 6 heteroatoms. The molecule has 0 saturated carbocycles. The van der Waals surface area contributed by atoms with Gasteiger partial charge in [-0.2, -0.15) is 0 Å². The third-order valence-corrected chi connectivity index (χ3v) is 4.95. The van der Waals surface area contributed by atoms with Crippen LogP contribution in [0.15, 0.2) is 23.2 Å². The highest BCUT2D eigenvalue weighted by Crippen LogP contribution is 2.21. The first-order valence-corrected chi connectivity index (χ1v) is 9.48. The third kappa shape index (κ3) is 5.83. The van der Waals surface area contributed by atoms with E-state index in [1.54, 1.807) is 6.07 Å². The highest BCUT2D eigenvalue weighted by atomic mass is 35.5. The Morgan fingerprint density at radius 2 is 2.00 bits per heavy atom. The summed E-state index contributed by atoms with van der Waals surface area (Å²) in [5, 5.41) is 8.19. The van der Waals surface area contributed by atoms with Crippen molar-refractivity contribution >= 4 is 29.2 Å². The van der Waals surface area contributed by atoms with Gasteiger partial charge in [0.1, 0.15) is 0 Å². The fourth-order valence-electron chi connectivity index (χ4n) is 2.89. The summed E-state index contributed by atoms with van der Waals surface area (Å²) in [6.45, 7) is 10.2. The number of hydrogen-bond donors (Lipinski definition) is 2. The van der Waals surface area contributed by atoms with Gasteiger partial charge in [-0.25, -0.2) is 4.99 Å². The van der Waals surface area contributed by atoms with Gasteiger partial charge in [-0.3, -0.25) is 0 Å². The second-order valence-corrected chi connectivity index (χ2v) is 7.32. The molecule has 1 saturated heterocycles. The highest BCUT2D eigenvalue weighted by molar-refractivity contribution is 6.35. The first kappa shape index (κ1) is 19.4. The Labute approximate surface area is 155 Å². The number of nitrogens with zero attached hydrogens (tertiary/aromatic N) is 2. The summed E-state index contributed by atoms with van der Waals surface area (Å²) in [6, 6.07) is 6.63. The van der Waals surface area contributed by atoms with Gasteiger partial charge in [-0.15, -0.1) is 0 Å². The Hall–Kier alpha value is -0.970. The number of guanidine groups is 1. The van der Waals surface area contributed by atoms with Crippen LogP contribution < -0.4 is 10.6 Å². The van der Waals surface area contributed by atoms with E-state index in [2.05, 4.69) is 41.3 Å². The highest BCUT2D eigenvalue weighted by Gasteiger charge is 2.21. The largest absolute Gasteiger partial charge is 0.357 e. The molecule has 0 amide bonds. The van der Waals surface area contributed by atoms with Gasteiger partial charge in [-0.05, 0) is 51.3 Å². The summed E-state index contributed by atoms with van der Waals surface area (Å²) < 4.78 is 0. The summed E-state index contributed by atoms with van der Waals surface area (Å²) in [5.41, 5.74) is 0.980. The molecule has 0 radical (unpaired) electrons. The van der Waals surface area contributed by atoms with Gasteiger partial charge in [0.25, 0.3) is 0 Å². The van der Waals surface area contributed by atoms with E-state index in [4.69, 9.17) is 23.2 Å². The average Bonchev–Trinajstić information content (AvgIpc) is 2.54. The van der Waals surface area contributed by atoms with E-state index in [0.29, 0.717) is 28.7 Å². The van der Waals surface area contributed by atoms with Gasteiger partial charge < -0.3 is 15.5 Å². The quantitative estimate of drug-likeness (QED) is 0.609. The second-order valence-electron chi connectivity index (χ2n) is 6.48. The van der Waals surface area contributed by atoms with Gasteiger partial charge >= 0.3 is 0 Å². The van der Waals surface area contributed by atoms with Crippen molar-refractivity contribution in [2.75, 3.05) is 19.6 Å². The molecule has 0 atom stereocenters. The normalized spacial score (nSPS) is 17.3. The van der Waals surface area contributed by atoms with Crippen molar-refractivity contribution in [3.8, 4) is 0 Å². The van der Waals surface area contributed by atoms with Crippen molar-refractivity contribution in [1.82, 2.24) is 15.5 Å². The van der Waals surface area contributed by atoms with Gasteiger partial charge in [0, 0.05) is 41.8 Å². The zero-order chi connectivity index (χ0) is 17.5. The number of benzene rings is 1. The lowest BCUT2D eigenvalue weighted by molar-refractivity contribution is 0.167. The molecule has 1 fully saturated rings. The van der Waals surface area contributed by atoms with E-state index in [1.165, 1.54) is 0 Å². The summed E-state index contributed by atoms with van der Waals surface area (Å²) in [7, 11) is 0. The van der Waals surface area contributed by atoms with E-state index >= 15 is 0 Å². The lowest BCUT2D eigenvalue weighted by Crippen LogP contribution is -2.49. The first-order chi connectivity index (χ1) is 11.5. The molecular formula is C18H28Cl2N4. The van der Waals surface area contributed by atoms with Gasteiger partial charge in [0.15, 0.2) is 5.96 Å². The average molecular weight is 371 g/mol. The minimum atomic E-state index is 0.471. The Morgan fingerprint density at radius 1 is 1.29 bits per heavy atom. The fraction of sp³-hybridized carbons (Fsp3) is 0.611. The number of halogens is 2. The number of rotatable bonds is 5. The maximum absolute atomic E-state index is 6.23. The van der Waals surface area contributed by atoms with Crippen LogP contribution in [-0.2, 0) is 6.54 Å². The molecule has 0 spiro atoms. The Balaban J connectivity index is 1.94. The van der Waals surface area contributed by atoms with Crippen LogP contribution in [0.5, 0.6) is 0 Å². The van der Waals surface area contributed by atoms with Crippen molar-refractivity contribution < 1.29 is 0 Å². The molecule has 0 aliphatic carbocycles. The number of likely N-dealkylation sites (tertiary alicyclic amines) is 1. The Kier molecular flexibility index (Phi) is 7.66. The zero-order valence-corrected chi connectivity index (χ0v) is 16.3. The van der Waals surface area contributed by atoms with Crippen molar-refractivity contribution in [3.05, 3.63) is 33.8 Å². The molecule has 24 heavy (non-hydrogen) atoms. The van der Waals surface area contributed by atoms with Crippen LogP contribution in [0.4, 0.5) is 0 Å². The topological polar surface area (TPSA) is 39.7 Å². The molecule has 1 aliphatic rings. The van der Waals surface area contributed by atoms with Crippen molar-refractivity contribution in [1.29, 1.82) is 0 Å². The molecular weight excluding hydrogens is 343 g/mol. The molecule has 0 bridgehead atoms. The Bertz CT molecular complexity index is 552. The molecule has 2 N–H and O–H groups in total. The molecule has 4 nitrogen and oxygen atoms in total. The van der Waals surface area contributed by atoms with Crippen molar-refractivity contribution in [3.63, 3.8) is 0 Å². The zero-order valence-electron chi connectivity index (χ0n) is 14.8. The maximum atomic E-state index is 6.23. The number of aliphatic imine (C=N–C) groups is 1. The van der Waals surface area contributed by atoms with E-state index in [-0.39, 0.29) is 0 Å². The molecule has 1 aromatic carbocycles. The summed E-state index contributed by atoms with van der Waals surface area (Å²) >= 11 is 12.2. The lowest BCUT2D eigenvalue weighted by atomic mass is 10.0. The maximum Gasteiger partial charge on any atom is 0.191 e. The summed E-state index contributed by atoms with van der Waals surface area (Å²) in [6.07, 6.45) is 2.29. The minimum absolute atomic E-state index is 0.471. The van der Waals surface area contributed by atoms with Crippen molar-refractivity contribution in [2.24, 2.45) is 4.99 Å². The molecule has 134 valence electrons. The number of piperidine rings is 1. The van der Waals surface area contributed by atoms with E-state index in [9.17, 15) is 0 Å². The SMILES string of the molecule is CCNC(=NCc1ccc(Cl)cc1Cl)NC1CCN(C(C)C)CC1. The molecule has 2 rings (SSSR count). The van der Waals surface area contributed by atoms with Crippen LogP contribution in [0.25, 0.3) is 0 Å². The van der Waals surface area contributed by atoms with Crippen LogP contribution in [0.3, 0.4) is 0 Å². The van der Waals surface area contributed by atoms with Gasteiger partial charge in [0.2, 0.25) is 0 Å². The predicted molar refractivity (Wildman–Crippen MR) is 104 cm³/mol. The summed E-state index contributed by atoms with van der Waals surface area (Å²) in [5.74, 6) is 0.853. The summed E-state index contributed by atoms with van der Waals surface area (Å²) in [4.78, 5) is 7.20. The van der Waals surface area contributed by atoms with Crippen LogP contribution >= 0.6 is 23.2 Å².